The highest BCUT2D eigenvalue weighted by molar-refractivity contribution is 7.16. The van der Waals surface area contributed by atoms with Crippen LogP contribution in [0.1, 0.15) is 34.5 Å². The summed E-state index contributed by atoms with van der Waals surface area (Å²) in [6.07, 6.45) is 6.36. The first-order chi connectivity index (χ1) is 11.1. The van der Waals surface area contributed by atoms with E-state index in [1.54, 1.807) is 6.20 Å². The van der Waals surface area contributed by atoms with Gasteiger partial charge in [-0.1, -0.05) is 0 Å². The molecule has 2 N–H and O–H groups in total. The van der Waals surface area contributed by atoms with E-state index >= 15 is 0 Å². The number of aliphatic hydroxyl groups excluding tert-OH is 1. The summed E-state index contributed by atoms with van der Waals surface area (Å²) in [5.41, 5.74) is -0.264. The first-order valence-electron chi connectivity index (χ1n) is 7.98. The third-order valence-corrected chi connectivity index (χ3v) is 6.28. The zero-order chi connectivity index (χ0) is 16.1. The highest BCUT2D eigenvalue weighted by Gasteiger charge is 2.47. The number of hydrogen-bond acceptors (Lipinski definition) is 5. The lowest BCUT2D eigenvalue weighted by Crippen LogP contribution is -2.46. The zero-order valence-corrected chi connectivity index (χ0v) is 13.7. The minimum absolute atomic E-state index is 0.0319. The fraction of sp³-hybridized carbons (Fsp3) is 0.562. The van der Waals surface area contributed by atoms with Gasteiger partial charge in [0, 0.05) is 35.8 Å². The average molecular weight is 333 g/mol. The van der Waals surface area contributed by atoms with Crippen molar-refractivity contribution < 1.29 is 9.90 Å². The third-order valence-electron chi connectivity index (χ3n) is 5.36. The average Bonchev–Trinajstić information content (AvgIpc) is 3.21. The Morgan fingerprint density at radius 2 is 2.26 bits per heavy atom. The molecule has 4 atom stereocenters. The summed E-state index contributed by atoms with van der Waals surface area (Å²) in [5, 5.41) is 12.6. The van der Waals surface area contributed by atoms with Crippen molar-refractivity contribution in [3.63, 3.8) is 0 Å². The highest BCUT2D eigenvalue weighted by Crippen LogP contribution is 2.48. The van der Waals surface area contributed by atoms with E-state index < -0.39 is 0 Å². The van der Waals surface area contributed by atoms with E-state index in [0.717, 1.165) is 24.1 Å². The summed E-state index contributed by atoms with van der Waals surface area (Å²) >= 11 is 1.42. The maximum atomic E-state index is 12.6. The van der Waals surface area contributed by atoms with Gasteiger partial charge in [-0.3, -0.25) is 14.0 Å². The van der Waals surface area contributed by atoms with Crippen molar-refractivity contribution in [1.82, 2.24) is 14.7 Å². The fourth-order valence-electron chi connectivity index (χ4n) is 4.28. The second kappa shape index (κ2) is 5.42. The number of nitrogens with one attached hydrogen (secondary N) is 1. The smallest absolute Gasteiger partial charge is 0.271 e. The maximum Gasteiger partial charge on any atom is 0.271 e. The molecule has 2 aromatic rings. The first kappa shape index (κ1) is 14.8. The Hall–Kier alpha value is -1.73. The number of rotatable bonds is 3. The van der Waals surface area contributed by atoms with E-state index in [-0.39, 0.29) is 35.6 Å². The van der Waals surface area contributed by atoms with Gasteiger partial charge in [0.25, 0.3) is 11.5 Å². The summed E-state index contributed by atoms with van der Waals surface area (Å²) in [6, 6.07) is -0.0319. The largest absolute Gasteiger partial charge is 0.396 e. The summed E-state index contributed by atoms with van der Waals surface area (Å²) in [6.45, 7) is 1.99. The van der Waals surface area contributed by atoms with Crippen molar-refractivity contribution in [2.75, 3.05) is 6.61 Å². The quantitative estimate of drug-likeness (QED) is 0.884. The van der Waals surface area contributed by atoms with Gasteiger partial charge in [-0.05, 0) is 38.0 Å². The molecule has 2 heterocycles. The number of fused-ring (bicyclic) bond motifs is 3. The second-order valence-corrected chi connectivity index (χ2v) is 7.86. The summed E-state index contributed by atoms with van der Waals surface area (Å²) in [7, 11) is 0. The number of carbonyl (C=O) groups is 1. The molecule has 4 unspecified atom stereocenters. The predicted octanol–water partition coefficient (Wildman–Crippen LogP) is 1.20. The van der Waals surface area contributed by atoms with Gasteiger partial charge >= 0.3 is 0 Å². The van der Waals surface area contributed by atoms with E-state index in [4.69, 9.17) is 0 Å². The van der Waals surface area contributed by atoms with Gasteiger partial charge in [0.2, 0.25) is 0 Å². The molecule has 1 amide bonds. The molecule has 0 saturated heterocycles. The van der Waals surface area contributed by atoms with Crippen LogP contribution < -0.4 is 10.9 Å². The lowest BCUT2D eigenvalue weighted by atomic mass is 9.85. The number of amides is 1. The van der Waals surface area contributed by atoms with Crippen LogP contribution in [-0.4, -0.2) is 33.0 Å². The Balaban J connectivity index is 1.62. The molecule has 0 radical (unpaired) electrons. The first-order valence-corrected chi connectivity index (χ1v) is 8.79. The monoisotopic (exact) mass is 333 g/mol. The van der Waals surface area contributed by atoms with Crippen molar-refractivity contribution in [1.29, 1.82) is 0 Å². The molecule has 0 spiro atoms. The maximum absolute atomic E-state index is 12.6. The van der Waals surface area contributed by atoms with Crippen molar-refractivity contribution in [2.24, 2.45) is 17.8 Å². The molecule has 2 saturated carbocycles. The lowest BCUT2D eigenvalue weighted by molar-refractivity contribution is 0.0859. The van der Waals surface area contributed by atoms with Gasteiger partial charge in [-0.25, -0.2) is 4.98 Å². The molecule has 23 heavy (non-hydrogen) atoms. The van der Waals surface area contributed by atoms with Gasteiger partial charge < -0.3 is 10.4 Å². The Morgan fingerprint density at radius 1 is 1.48 bits per heavy atom. The molecular formula is C16H19N3O3S. The molecule has 2 bridgehead atoms. The predicted molar refractivity (Wildman–Crippen MR) is 86.7 cm³/mol. The Morgan fingerprint density at radius 3 is 3.04 bits per heavy atom. The van der Waals surface area contributed by atoms with Crippen LogP contribution in [0.25, 0.3) is 4.96 Å². The van der Waals surface area contributed by atoms with Crippen LogP contribution in [0.15, 0.2) is 17.2 Å². The number of aryl methyl sites for hydroxylation is 1. The van der Waals surface area contributed by atoms with Crippen LogP contribution in [0.5, 0.6) is 0 Å². The number of carbonyl (C=O) groups excluding carboxylic acids is 1. The topological polar surface area (TPSA) is 83.7 Å². The molecule has 4 rings (SSSR count). The van der Waals surface area contributed by atoms with Gasteiger partial charge in [-0.2, -0.15) is 0 Å². The molecule has 6 nitrogen and oxygen atoms in total. The fourth-order valence-corrected chi connectivity index (χ4v) is 5.06. The van der Waals surface area contributed by atoms with E-state index in [2.05, 4.69) is 10.3 Å². The van der Waals surface area contributed by atoms with Crippen LogP contribution in [0.2, 0.25) is 0 Å². The Bertz CT molecular complexity index is 828. The second-order valence-electron chi connectivity index (χ2n) is 6.65. The summed E-state index contributed by atoms with van der Waals surface area (Å²) in [4.78, 5) is 30.8. The molecule has 122 valence electrons. The van der Waals surface area contributed by atoms with Crippen molar-refractivity contribution in [3.05, 3.63) is 33.2 Å². The number of aromatic nitrogens is 2. The molecule has 2 aromatic heterocycles. The van der Waals surface area contributed by atoms with Crippen LogP contribution in [0, 0.1) is 24.7 Å². The summed E-state index contributed by atoms with van der Waals surface area (Å²) < 4.78 is 1.43. The molecule has 2 fully saturated rings. The Labute approximate surface area is 137 Å². The van der Waals surface area contributed by atoms with Gasteiger partial charge in [0.05, 0.1) is 0 Å². The number of aliphatic hydroxyl groups is 1. The minimum atomic E-state index is -0.378. The minimum Gasteiger partial charge on any atom is -0.396 e. The van der Waals surface area contributed by atoms with E-state index in [9.17, 15) is 14.7 Å². The standard InChI is InChI=1S/C16H19N3O3S/c1-8-6-19-15(22)11(5-17-16(19)23-8)14(21)18-13-10-3-2-9(4-10)12(13)7-20/h5-6,9-10,12-13,20H,2-4,7H2,1H3,(H,18,21). The van der Waals surface area contributed by atoms with Crippen molar-refractivity contribution >= 4 is 22.2 Å². The zero-order valence-electron chi connectivity index (χ0n) is 12.9. The van der Waals surface area contributed by atoms with Crippen LogP contribution in [0.4, 0.5) is 0 Å². The molecule has 7 heteroatoms. The number of thiazole rings is 1. The van der Waals surface area contributed by atoms with Gasteiger partial charge in [0.15, 0.2) is 4.96 Å². The molecule has 2 aliphatic rings. The summed E-state index contributed by atoms with van der Waals surface area (Å²) in [5.74, 6) is 0.651. The van der Waals surface area contributed by atoms with Crippen LogP contribution in [-0.2, 0) is 0 Å². The molecule has 0 aliphatic heterocycles. The number of nitrogens with zero attached hydrogens (tertiary/aromatic N) is 2. The van der Waals surface area contributed by atoms with E-state index in [1.165, 1.54) is 21.9 Å². The number of hydrogen-bond donors (Lipinski definition) is 2. The van der Waals surface area contributed by atoms with Gasteiger partial charge in [-0.15, -0.1) is 11.3 Å². The SMILES string of the molecule is Cc1cn2c(=O)c(C(=O)NC3C4CCC(C4)C3CO)cnc2s1. The third kappa shape index (κ3) is 2.30. The molecule has 2 aliphatic carbocycles. The van der Waals surface area contributed by atoms with E-state index in [1.807, 2.05) is 6.92 Å². The lowest BCUT2D eigenvalue weighted by Gasteiger charge is -2.30. The van der Waals surface area contributed by atoms with Crippen molar-refractivity contribution in [3.8, 4) is 0 Å². The molecular weight excluding hydrogens is 314 g/mol. The van der Waals surface area contributed by atoms with E-state index in [0.29, 0.717) is 16.8 Å². The molecule has 0 aromatic carbocycles. The highest BCUT2D eigenvalue weighted by atomic mass is 32.1. The van der Waals surface area contributed by atoms with Crippen molar-refractivity contribution in [2.45, 2.75) is 32.2 Å². The van der Waals surface area contributed by atoms with Crippen LogP contribution >= 0.6 is 11.3 Å². The van der Waals surface area contributed by atoms with Crippen LogP contribution in [0.3, 0.4) is 0 Å². The Kier molecular flexibility index (Phi) is 3.50. The van der Waals surface area contributed by atoms with Gasteiger partial charge in [0.1, 0.15) is 5.56 Å². The normalized spacial score (nSPS) is 29.3.